The first-order chi connectivity index (χ1) is 8.47. The van der Waals surface area contributed by atoms with Gasteiger partial charge in [0.05, 0.1) is 5.69 Å². The Morgan fingerprint density at radius 3 is 2.33 bits per heavy atom. The van der Waals surface area contributed by atoms with E-state index < -0.39 is 0 Å². The van der Waals surface area contributed by atoms with E-state index in [0.29, 0.717) is 6.04 Å². The lowest BCUT2D eigenvalue weighted by Crippen LogP contribution is -2.22. The smallest absolute Gasteiger partial charge is 0.0644 e. The van der Waals surface area contributed by atoms with Gasteiger partial charge in [-0.25, -0.2) is 0 Å². The SMILES string of the molecule is CCNC(CCCC(C)C)c1c(C)nn(C)c1C. The molecule has 3 heteroatoms. The molecule has 1 rings (SSSR count). The summed E-state index contributed by atoms with van der Waals surface area (Å²) in [5, 5.41) is 8.15. The van der Waals surface area contributed by atoms with E-state index in [1.54, 1.807) is 0 Å². The van der Waals surface area contributed by atoms with Crippen LogP contribution in [0.2, 0.25) is 0 Å². The van der Waals surface area contributed by atoms with Gasteiger partial charge in [-0.3, -0.25) is 4.68 Å². The molecule has 0 aliphatic rings. The molecule has 0 saturated heterocycles. The topological polar surface area (TPSA) is 29.9 Å². The maximum atomic E-state index is 4.53. The summed E-state index contributed by atoms with van der Waals surface area (Å²) in [6.07, 6.45) is 3.79. The number of rotatable bonds is 7. The van der Waals surface area contributed by atoms with E-state index in [9.17, 15) is 0 Å². The van der Waals surface area contributed by atoms with Gasteiger partial charge in [0, 0.05) is 24.3 Å². The van der Waals surface area contributed by atoms with Crippen LogP contribution in [0.1, 0.15) is 63.0 Å². The van der Waals surface area contributed by atoms with Crippen molar-refractivity contribution in [3.8, 4) is 0 Å². The molecule has 0 saturated carbocycles. The first-order valence-electron chi connectivity index (χ1n) is 7.20. The molecule has 0 amide bonds. The molecule has 1 atom stereocenters. The van der Waals surface area contributed by atoms with Crippen LogP contribution in [0.15, 0.2) is 0 Å². The molecule has 0 spiro atoms. The van der Waals surface area contributed by atoms with Crippen molar-refractivity contribution in [1.82, 2.24) is 15.1 Å². The molecule has 1 N–H and O–H groups in total. The molecule has 0 aromatic carbocycles. The monoisotopic (exact) mass is 251 g/mol. The number of nitrogens with zero attached hydrogens (tertiary/aromatic N) is 2. The highest BCUT2D eigenvalue weighted by Crippen LogP contribution is 2.26. The lowest BCUT2D eigenvalue weighted by molar-refractivity contribution is 0.452. The lowest BCUT2D eigenvalue weighted by atomic mass is 9.96. The molecule has 1 heterocycles. The van der Waals surface area contributed by atoms with Crippen LogP contribution < -0.4 is 5.32 Å². The molecular weight excluding hydrogens is 222 g/mol. The summed E-state index contributed by atoms with van der Waals surface area (Å²) in [5.41, 5.74) is 3.87. The quantitative estimate of drug-likeness (QED) is 0.803. The molecule has 1 unspecified atom stereocenters. The Hall–Kier alpha value is -0.830. The minimum atomic E-state index is 0.461. The summed E-state index contributed by atoms with van der Waals surface area (Å²) in [6.45, 7) is 12.1. The Kier molecular flexibility index (Phi) is 5.86. The average Bonchev–Trinajstić information content (AvgIpc) is 2.52. The van der Waals surface area contributed by atoms with Crippen LogP contribution >= 0.6 is 0 Å². The van der Waals surface area contributed by atoms with Crippen molar-refractivity contribution in [1.29, 1.82) is 0 Å². The Morgan fingerprint density at radius 1 is 1.22 bits per heavy atom. The molecule has 0 aliphatic heterocycles. The van der Waals surface area contributed by atoms with Crippen molar-refractivity contribution in [3.63, 3.8) is 0 Å². The molecule has 3 nitrogen and oxygen atoms in total. The van der Waals surface area contributed by atoms with Crippen LogP contribution in [0, 0.1) is 19.8 Å². The number of hydrogen-bond donors (Lipinski definition) is 1. The van der Waals surface area contributed by atoms with Crippen LogP contribution in [0.5, 0.6) is 0 Å². The van der Waals surface area contributed by atoms with Crippen molar-refractivity contribution < 1.29 is 0 Å². The summed E-state index contributed by atoms with van der Waals surface area (Å²) < 4.78 is 2.00. The maximum Gasteiger partial charge on any atom is 0.0644 e. The van der Waals surface area contributed by atoms with Gasteiger partial charge in [-0.2, -0.15) is 5.10 Å². The molecule has 0 aliphatic carbocycles. The van der Waals surface area contributed by atoms with Crippen LogP contribution in [0.25, 0.3) is 0 Å². The number of aromatic nitrogens is 2. The third-order valence-electron chi connectivity index (χ3n) is 3.64. The Morgan fingerprint density at radius 2 is 1.89 bits per heavy atom. The minimum Gasteiger partial charge on any atom is -0.310 e. The predicted molar refractivity (Wildman–Crippen MR) is 77.8 cm³/mol. The Balaban J connectivity index is 2.77. The van der Waals surface area contributed by atoms with Gasteiger partial charge in [0.2, 0.25) is 0 Å². The van der Waals surface area contributed by atoms with E-state index in [-0.39, 0.29) is 0 Å². The van der Waals surface area contributed by atoms with Crippen LogP contribution in [-0.4, -0.2) is 16.3 Å². The van der Waals surface area contributed by atoms with Crippen molar-refractivity contribution >= 4 is 0 Å². The summed E-state index contributed by atoms with van der Waals surface area (Å²) in [4.78, 5) is 0. The Labute approximate surface area is 112 Å². The molecule has 104 valence electrons. The summed E-state index contributed by atoms with van der Waals surface area (Å²) in [6, 6.07) is 0.461. The van der Waals surface area contributed by atoms with Gasteiger partial charge in [0.15, 0.2) is 0 Å². The highest BCUT2D eigenvalue weighted by molar-refractivity contribution is 5.28. The van der Waals surface area contributed by atoms with Gasteiger partial charge >= 0.3 is 0 Å². The number of nitrogens with one attached hydrogen (secondary N) is 1. The van der Waals surface area contributed by atoms with Crippen molar-refractivity contribution in [2.75, 3.05) is 6.54 Å². The van der Waals surface area contributed by atoms with Crippen molar-refractivity contribution in [3.05, 3.63) is 17.0 Å². The summed E-state index contributed by atoms with van der Waals surface area (Å²) in [7, 11) is 2.03. The fraction of sp³-hybridized carbons (Fsp3) is 0.800. The first kappa shape index (κ1) is 15.2. The first-order valence-corrected chi connectivity index (χ1v) is 7.20. The normalized spacial score (nSPS) is 13.3. The van der Waals surface area contributed by atoms with E-state index >= 15 is 0 Å². The molecule has 1 aromatic heterocycles. The van der Waals surface area contributed by atoms with Crippen molar-refractivity contribution in [2.45, 2.75) is 59.9 Å². The minimum absolute atomic E-state index is 0.461. The molecule has 0 bridgehead atoms. The van der Waals surface area contributed by atoms with Gasteiger partial charge in [0.1, 0.15) is 0 Å². The zero-order chi connectivity index (χ0) is 13.7. The van der Waals surface area contributed by atoms with Crippen LogP contribution in [0.4, 0.5) is 0 Å². The predicted octanol–water partition coefficient (Wildman–Crippen LogP) is 3.51. The van der Waals surface area contributed by atoms with E-state index in [2.05, 4.69) is 45.0 Å². The van der Waals surface area contributed by atoms with Crippen molar-refractivity contribution in [2.24, 2.45) is 13.0 Å². The third kappa shape index (κ3) is 3.84. The number of aryl methyl sites for hydroxylation is 2. The Bertz CT molecular complexity index is 366. The molecule has 0 radical (unpaired) electrons. The molecule has 18 heavy (non-hydrogen) atoms. The van der Waals surface area contributed by atoms with E-state index in [0.717, 1.165) is 12.5 Å². The summed E-state index contributed by atoms with van der Waals surface area (Å²) >= 11 is 0. The van der Waals surface area contributed by atoms with Crippen LogP contribution in [-0.2, 0) is 7.05 Å². The lowest BCUT2D eigenvalue weighted by Gasteiger charge is -2.19. The van der Waals surface area contributed by atoms with Crippen LogP contribution in [0.3, 0.4) is 0 Å². The van der Waals surface area contributed by atoms with Gasteiger partial charge in [-0.15, -0.1) is 0 Å². The zero-order valence-electron chi connectivity index (χ0n) is 12.9. The zero-order valence-corrected chi connectivity index (χ0v) is 12.9. The number of hydrogen-bond acceptors (Lipinski definition) is 2. The molecule has 0 fully saturated rings. The highest BCUT2D eigenvalue weighted by atomic mass is 15.3. The van der Waals surface area contributed by atoms with E-state index in [4.69, 9.17) is 0 Å². The second-order valence-corrected chi connectivity index (χ2v) is 5.64. The average molecular weight is 251 g/mol. The van der Waals surface area contributed by atoms with Gasteiger partial charge in [-0.05, 0) is 32.7 Å². The molecular formula is C15H29N3. The van der Waals surface area contributed by atoms with Gasteiger partial charge in [0.25, 0.3) is 0 Å². The largest absolute Gasteiger partial charge is 0.310 e. The second-order valence-electron chi connectivity index (χ2n) is 5.64. The second kappa shape index (κ2) is 6.93. The van der Waals surface area contributed by atoms with Gasteiger partial charge in [-0.1, -0.05) is 33.6 Å². The van der Waals surface area contributed by atoms with E-state index in [1.807, 2.05) is 11.7 Å². The maximum absolute atomic E-state index is 4.53. The fourth-order valence-corrected chi connectivity index (χ4v) is 2.62. The standard InChI is InChI=1S/C15H29N3/c1-7-16-14(10-8-9-11(2)3)15-12(4)17-18(6)13(15)5/h11,14,16H,7-10H2,1-6H3. The third-order valence-corrected chi connectivity index (χ3v) is 3.64. The van der Waals surface area contributed by atoms with E-state index in [1.165, 1.54) is 36.2 Å². The summed E-state index contributed by atoms with van der Waals surface area (Å²) in [5.74, 6) is 0.795. The van der Waals surface area contributed by atoms with Gasteiger partial charge < -0.3 is 5.32 Å². The highest BCUT2D eigenvalue weighted by Gasteiger charge is 2.19. The fourth-order valence-electron chi connectivity index (χ4n) is 2.62. The molecule has 1 aromatic rings.